The molecule has 1 atom stereocenters. The Kier molecular flexibility index (Phi) is 4.63. The normalized spacial score (nSPS) is 15.3. The first-order valence-electron chi connectivity index (χ1n) is 9.78. The van der Waals surface area contributed by atoms with E-state index in [9.17, 15) is 14.4 Å². The average Bonchev–Trinajstić information content (AvgIpc) is 3.35. The Labute approximate surface area is 186 Å². The maximum absolute atomic E-state index is 13.6. The highest BCUT2D eigenvalue weighted by Crippen LogP contribution is 2.42. The summed E-state index contributed by atoms with van der Waals surface area (Å²) in [4.78, 5) is 40.3. The average molecular weight is 447 g/mol. The number of hydrogen-bond donors (Lipinski definition) is 0. The lowest BCUT2D eigenvalue weighted by Crippen LogP contribution is -2.29. The maximum Gasteiger partial charge on any atom is 0.337 e. The first kappa shape index (κ1) is 20.1. The standard InChI is InChI=1S/C23H17N3O5S/c1-11-4-9-16-15(10-11)19(27)17-18(13-5-7-14(8-6-13)22(29)30-3)26(21(28)20(17)31-16)23-25-24-12(2)32-23/h4-10,18H,1-3H3. The lowest BCUT2D eigenvalue weighted by atomic mass is 9.97. The van der Waals surface area contributed by atoms with Gasteiger partial charge in [0, 0.05) is 0 Å². The third kappa shape index (κ3) is 3.01. The molecule has 32 heavy (non-hydrogen) atoms. The number of aromatic nitrogens is 2. The number of carbonyl (C=O) groups excluding carboxylic acids is 2. The summed E-state index contributed by atoms with van der Waals surface area (Å²) in [6, 6.07) is 11.1. The lowest BCUT2D eigenvalue weighted by Gasteiger charge is -2.22. The molecule has 8 nitrogen and oxygen atoms in total. The largest absolute Gasteiger partial charge is 0.465 e. The van der Waals surface area contributed by atoms with Gasteiger partial charge in [0.25, 0.3) is 5.91 Å². The van der Waals surface area contributed by atoms with E-state index in [1.54, 1.807) is 43.3 Å². The van der Waals surface area contributed by atoms with Crippen LogP contribution in [0.4, 0.5) is 5.13 Å². The highest BCUT2D eigenvalue weighted by atomic mass is 32.1. The van der Waals surface area contributed by atoms with E-state index >= 15 is 0 Å². The predicted octanol–water partition coefficient (Wildman–Crippen LogP) is 3.80. The van der Waals surface area contributed by atoms with E-state index in [4.69, 9.17) is 9.15 Å². The van der Waals surface area contributed by atoms with Crippen molar-refractivity contribution in [2.75, 3.05) is 12.0 Å². The van der Waals surface area contributed by atoms with Crippen LogP contribution in [0.15, 0.2) is 51.7 Å². The van der Waals surface area contributed by atoms with Crippen molar-refractivity contribution in [3.8, 4) is 0 Å². The van der Waals surface area contributed by atoms with Gasteiger partial charge in [0.05, 0.1) is 29.7 Å². The molecule has 0 radical (unpaired) electrons. The van der Waals surface area contributed by atoms with Crippen molar-refractivity contribution in [3.05, 3.63) is 85.7 Å². The highest BCUT2D eigenvalue weighted by Gasteiger charge is 2.45. The number of esters is 1. The van der Waals surface area contributed by atoms with Crippen molar-refractivity contribution in [2.45, 2.75) is 19.9 Å². The van der Waals surface area contributed by atoms with Crippen molar-refractivity contribution >= 4 is 39.3 Å². The monoisotopic (exact) mass is 447 g/mol. The molecule has 1 aliphatic heterocycles. The summed E-state index contributed by atoms with van der Waals surface area (Å²) in [5, 5.41) is 9.62. The van der Waals surface area contributed by atoms with E-state index in [0.717, 1.165) is 5.56 Å². The van der Waals surface area contributed by atoms with Crippen molar-refractivity contribution in [1.29, 1.82) is 0 Å². The molecule has 2 aromatic carbocycles. The zero-order chi connectivity index (χ0) is 22.6. The van der Waals surface area contributed by atoms with E-state index in [0.29, 0.717) is 32.2 Å². The Morgan fingerprint density at radius 2 is 1.84 bits per heavy atom. The number of fused-ring (bicyclic) bond motifs is 2. The number of hydrogen-bond acceptors (Lipinski definition) is 8. The molecule has 0 saturated carbocycles. The van der Waals surface area contributed by atoms with Crippen LogP contribution in [-0.2, 0) is 4.74 Å². The topological polar surface area (TPSA) is 103 Å². The van der Waals surface area contributed by atoms with Gasteiger partial charge in [-0.25, -0.2) is 4.79 Å². The molecule has 1 amide bonds. The van der Waals surface area contributed by atoms with Crippen molar-refractivity contribution in [2.24, 2.45) is 0 Å². The molecule has 0 spiro atoms. The summed E-state index contributed by atoms with van der Waals surface area (Å²) in [7, 11) is 1.31. The van der Waals surface area contributed by atoms with E-state index in [1.165, 1.54) is 23.3 Å². The molecule has 0 N–H and O–H groups in total. The molecule has 160 valence electrons. The lowest BCUT2D eigenvalue weighted by molar-refractivity contribution is 0.0600. The predicted molar refractivity (Wildman–Crippen MR) is 118 cm³/mol. The summed E-state index contributed by atoms with van der Waals surface area (Å²) in [6.45, 7) is 3.67. The van der Waals surface area contributed by atoms with Gasteiger partial charge in [-0.2, -0.15) is 0 Å². The number of aryl methyl sites for hydroxylation is 2. The smallest absolute Gasteiger partial charge is 0.337 e. The van der Waals surface area contributed by atoms with Crippen LogP contribution < -0.4 is 10.3 Å². The van der Waals surface area contributed by atoms with Gasteiger partial charge in [0.2, 0.25) is 10.9 Å². The minimum absolute atomic E-state index is 0.0127. The molecule has 0 fully saturated rings. The van der Waals surface area contributed by atoms with Crippen molar-refractivity contribution in [3.63, 3.8) is 0 Å². The van der Waals surface area contributed by atoms with E-state index < -0.39 is 17.9 Å². The molecule has 5 rings (SSSR count). The number of ether oxygens (including phenoxy) is 1. The van der Waals surface area contributed by atoms with Crippen LogP contribution in [0.3, 0.4) is 0 Å². The third-order valence-corrected chi connectivity index (χ3v) is 6.23. The van der Waals surface area contributed by atoms with Crippen LogP contribution in [0, 0.1) is 13.8 Å². The van der Waals surface area contributed by atoms with Gasteiger partial charge < -0.3 is 9.15 Å². The van der Waals surface area contributed by atoms with Gasteiger partial charge in [-0.3, -0.25) is 14.5 Å². The number of rotatable bonds is 3. The summed E-state index contributed by atoms with van der Waals surface area (Å²) < 4.78 is 10.7. The number of amides is 1. The van der Waals surface area contributed by atoms with Crippen LogP contribution >= 0.6 is 11.3 Å². The Morgan fingerprint density at radius 1 is 1.09 bits per heavy atom. The van der Waals surface area contributed by atoms with Gasteiger partial charge in [-0.05, 0) is 43.7 Å². The van der Waals surface area contributed by atoms with Gasteiger partial charge in [-0.1, -0.05) is 35.1 Å². The fourth-order valence-corrected chi connectivity index (χ4v) is 4.62. The van der Waals surface area contributed by atoms with E-state index in [1.807, 2.05) is 13.0 Å². The zero-order valence-corrected chi connectivity index (χ0v) is 18.2. The molecule has 1 unspecified atom stereocenters. The van der Waals surface area contributed by atoms with E-state index in [-0.39, 0.29) is 16.8 Å². The SMILES string of the molecule is COC(=O)c1ccc(C2c3c(oc4ccc(C)cc4c3=O)C(=O)N2c2nnc(C)s2)cc1. The first-order chi connectivity index (χ1) is 15.4. The number of benzene rings is 2. The molecule has 4 aromatic rings. The van der Waals surface area contributed by atoms with Crippen LogP contribution in [0.25, 0.3) is 11.0 Å². The zero-order valence-electron chi connectivity index (χ0n) is 17.4. The molecule has 0 saturated heterocycles. The molecule has 1 aliphatic rings. The number of carbonyl (C=O) groups is 2. The van der Waals surface area contributed by atoms with Crippen LogP contribution in [0.1, 0.15) is 48.7 Å². The molecule has 0 aliphatic carbocycles. The third-order valence-electron chi connectivity index (χ3n) is 5.39. The Hall–Kier alpha value is -3.85. The quantitative estimate of drug-likeness (QED) is 0.440. The molecule has 9 heteroatoms. The minimum atomic E-state index is -0.766. The van der Waals surface area contributed by atoms with Gasteiger partial charge in [-0.15, -0.1) is 10.2 Å². The van der Waals surface area contributed by atoms with Gasteiger partial charge >= 0.3 is 5.97 Å². The number of methoxy groups -OCH3 is 1. The molecular formula is C23H17N3O5S. The van der Waals surface area contributed by atoms with Crippen molar-refractivity contribution < 1.29 is 18.7 Å². The summed E-state index contributed by atoms with van der Waals surface area (Å²) >= 11 is 1.25. The number of nitrogens with zero attached hydrogens (tertiary/aromatic N) is 3. The maximum atomic E-state index is 13.6. The Balaban J connectivity index is 1.76. The number of anilines is 1. The Bertz CT molecular complexity index is 1460. The summed E-state index contributed by atoms with van der Waals surface area (Å²) in [5.74, 6) is -0.948. The second-order valence-electron chi connectivity index (χ2n) is 7.47. The summed E-state index contributed by atoms with van der Waals surface area (Å²) in [6.07, 6.45) is 0. The highest BCUT2D eigenvalue weighted by molar-refractivity contribution is 7.15. The Morgan fingerprint density at radius 3 is 2.50 bits per heavy atom. The fourth-order valence-electron chi connectivity index (χ4n) is 3.90. The molecule has 2 aromatic heterocycles. The minimum Gasteiger partial charge on any atom is -0.465 e. The molecular weight excluding hydrogens is 430 g/mol. The second-order valence-corrected chi connectivity index (χ2v) is 8.63. The van der Waals surface area contributed by atoms with Crippen LogP contribution in [-0.4, -0.2) is 29.2 Å². The van der Waals surface area contributed by atoms with E-state index in [2.05, 4.69) is 10.2 Å². The molecule has 0 bridgehead atoms. The summed E-state index contributed by atoms with van der Waals surface area (Å²) in [5.41, 5.74) is 2.22. The second kappa shape index (κ2) is 7.38. The van der Waals surface area contributed by atoms with Crippen LogP contribution in [0.5, 0.6) is 0 Å². The van der Waals surface area contributed by atoms with Gasteiger partial charge in [0.1, 0.15) is 10.6 Å². The fraction of sp³-hybridized carbons (Fsp3) is 0.174. The molecule has 3 heterocycles. The first-order valence-corrected chi connectivity index (χ1v) is 10.6. The van der Waals surface area contributed by atoms with Gasteiger partial charge in [0.15, 0.2) is 5.43 Å². The van der Waals surface area contributed by atoms with Crippen LogP contribution in [0.2, 0.25) is 0 Å². The van der Waals surface area contributed by atoms with Crippen molar-refractivity contribution in [1.82, 2.24) is 10.2 Å².